The third-order valence-electron chi connectivity index (χ3n) is 3.76. The molecule has 8 heteroatoms. The lowest BCUT2D eigenvalue weighted by Gasteiger charge is -2.24. The number of pyridine rings is 1. The first kappa shape index (κ1) is 20.2. The van der Waals surface area contributed by atoms with Gasteiger partial charge in [0.2, 0.25) is 0 Å². The van der Waals surface area contributed by atoms with Crippen molar-refractivity contribution in [2.75, 3.05) is 5.01 Å². The monoisotopic (exact) mass is 394 g/mol. The molecule has 0 bridgehead atoms. The van der Waals surface area contributed by atoms with E-state index in [1.54, 1.807) is 75.8 Å². The fraction of sp³-hybridized carbons (Fsp3) is 0.238. The van der Waals surface area contributed by atoms with E-state index in [0.29, 0.717) is 17.1 Å². The van der Waals surface area contributed by atoms with Crippen molar-refractivity contribution in [2.45, 2.75) is 33.0 Å². The van der Waals surface area contributed by atoms with Gasteiger partial charge in [-0.05, 0) is 62.7 Å². The molecule has 0 atom stereocenters. The maximum Gasteiger partial charge on any atom is 0.435 e. The van der Waals surface area contributed by atoms with Gasteiger partial charge in [-0.25, -0.2) is 9.78 Å². The smallest absolute Gasteiger partial charge is 0.435 e. The van der Waals surface area contributed by atoms with E-state index in [2.05, 4.69) is 15.1 Å². The average Bonchev–Trinajstić information content (AvgIpc) is 3.17. The number of anilines is 1. The number of aliphatic hydroxyl groups is 1. The van der Waals surface area contributed by atoms with Gasteiger partial charge in [0.05, 0.1) is 18.5 Å². The Morgan fingerprint density at radius 2 is 1.90 bits per heavy atom. The molecule has 0 fully saturated rings. The van der Waals surface area contributed by atoms with Crippen molar-refractivity contribution in [3.8, 4) is 11.3 Å². The highest BCUT2D eigenvalue weighted by Crippen LogP contribution is 2.27. The number of rotatable bonds is 5. The quantitative estimate of drug-likeness (QED) is 0.518. The Hall–Kier alpha value is -3.52. The summed E-state index contributed by atoms with van der Waals surface area (Å²) in [7, 11) is 0. The summed E-state index contributed by atoms with van der Waals surface area (Å²) in [5, 5.41) is 14.8. The zero-order chi connectivity index (χ0) is 20.9. The molecular weight excluding hydrogens is 372 g/mol. The van der Waals surface area contributed by atoms with Gasteiger partial charge in [0, 0.05) is 18.0 Å². The van der Waals surface area contributed by atoms with Gasteiger partial charge in [0.15, 0.2) is 12.2 Å². The molecule has 8 nitrogen and oxygen atoms in total. The number of ether oxygens (including phenoxy) is 1. The fourth-order valence-electron chi connectivity index (χ4n) is 2.47. The topological polar surface area (TPSA) is 101 Å². The minimum atomic E-state index is -0.669. The van der Waals surface area contributed by atoms with Crippen molar-refractivity contribution in [3.63, 3.8) is 0 Å². The summed E-state index contributed by atoms with van der Waals surface area (Å²) in [6.45, 7) is 5.14. The number of hydrogen-bond donors (Lipinski definition) is 1. The predicted octanol–water partition coefficient (Wildman–Crippen LogP) is 4.00. The molecule has 0 spiro atoms. The third-order valence-corrected chi connectivity index (χ3v) is 3.76. The first-order valence-electron chi connectivity index (χ1n) is 8.98. The summed E-state index contributed by atoms with van der Waals surface area (Å²) >= 11 is 0. The van der Waals surface area contributed by atoms with E-state index >= 15 is 0 Å². The SMILES string of the molecule is CC(C)(C)OC(=O)N(N=Cc1ccncc1)c1ccc(-c2ocnc2CO)cc1. The minimum absolute atomic E-state index is 0.228. The summed E-state index contributed by atoms with van der Waals surface area (Å²) in [5.41, 5.74) is 1.80. The van der Waals surface area contributed by atoms with Gasteiger partial charge in [-0.15, -0.1) is 0 Å². The van der Waals surface area contributed by atoms with Crippen molar-refractivity contribution < 1.29 is 19.1 Å². The Kier molecular flexibility index (Phi) is 6.04. The molecule has 1 N–H and O–H groups in total. The summed E-state index contributed by atoms with van der Waals surface area (Å²) in [6, 6.07) is 10.5. The number of aliphatic hydroxyl groups excluding tert-OH is 1. The van der Waals surface area contributed by atoms with E-state index in [4.69, 9.17) is 9.15 Å². The zero-order valence-corrected chi connectivity index (χ0v) is 16.4. The number of carbonyl (C=O) groups excluding carboxylic acids is 1. The molecule has 0 saturated heterocycles. The molecule has 29 heavy (non-hydrogen) atoms. The van der Waals surface area contributed by atoms with E-state index in [1.807, 2.05) is 0 Å². The molecule has 0 aliphatic carbocycles. The molecule has 2 aromatic heterocycles. The van der Waals surface area contributed by atoms with Crippen LogP contribution in [0.3, 0.4) is 0 Å². The number of hydrogen-bond acceptors (Lipinski definition) is 7. The lowest BCUT2D eigenvalue weighted by atomic mass is 10.1. The van der Waals surface area contributed by atoms with Crippen LogP contribution in [0.1, 0.15) is 32.0 Å². The van der Waals surface area contributed by atoms with Gasteiger partial charge < -0.3 is 14.3 Å². The van der Waals surface area contributed by atoms with Crippen LogP contribution in [0.5, 0.6) is 0 Å². The molecule has 3 rings (SSSR count). The number of oxazole rings is 1. The summed E-state index contributed by atoms with van der Waals surface area (Å²) in [6.07, 6.45) is 5.51. The molecule has 0 radical (unpaired) electrons. The van der Waals surface area contributed by atoms with Crippen LogP contribution in [0, 0.1) is 0 Å². The van der Waals surface area contributed by atoms with Crippen LogP contribution in [-0.4, -0.2) is 33.0 Å². The van der Waals surface area contributed by atoms with Crippen molar-refractivity contribution >= 4 is 18.0 Å². The average molecular weight is 394 g/mol. The molecule has 1 amide bonds. The lowest BCUT2D eigenvalue weighted by Crippen LogP contribution is -2.33. The van der Waals surface area contributed by atoms with Crippen molar-refractivity contribution in [1.82, 2.24) is 9.97 Å². The highest BCUT2D eigenvalue weighted by Gasteiger charge is 2.23. The Morgan fingerprint density at radius 1 is 1.21 bits per heavy atom. The normalized spacial score (nSPS) is 11.6. The first-order chi connectivity index (χ1) is 13.9. The van der Waals surface area contributed by atoms with E-state index in [0.717, 1.165) is 11.1 Å². The molecule has 0 saturated carbocycles. The van der Waals surface area contributed by atoms with Crippen LogP contribution in [-0.2, 0) is 11.3 Å². The standard InChI is InChI=1S/C21H22N4O4/c1-21(2,3)29-20(27)25(24-12-15-8-10-22-11-9-15)17-6-4-16(5-7-17)19-18(13-26)23-14-28-19/h4-12,14,26H,13H2,1-3H3. The number of aromatic nitrogens is 2. The van der Waals surface area contributed by atoms with Crippen LogP contribution in [0.15, 0.2) is 64.7 Å². The van der Waals surface area contributed by atoms with Crippen LogP contribution in [0.2, 0.25) is 0 Å². The van der Waals surface area contributed by atoms with Gasteiger partial charge in [0.1, 0.15) is 11.3 Å². The maximum atomic E-state index is 12.7. The van der Waals surface area contributed by atoms with Crippen molar-refractivity contribution in [3.05, 3.63) is 66.4 Å². The van der Waals surface area contributed by atoms with Crippen molar-refractivity contribution in [2.24, 2.45) is 5.10 Å². The van der Waals surface area contributed by atoms with Crippen LogP contribution in [0.4, 0.5) is 10.5 Å². The minimum Gasteiger partial charge on any atom is -0.443 e. The Balaban J connectivity index is 1.90. The van der Waals surface area contributed by atoms with Crippen LogP contribution in [0.25, 0.3) is 11.3 Å². The van der Waals surface area contributed by atoms with Gasteiger partial charge in [-0.3, -0.25) is 4.98 Å². The molecule has 150 valence electrons. The number of benzene rings is 1. The third kappa shape index (κ3) is 5.26. The number of amides is 1. The predicted molar refractivity (Wildman–Crippen MR) is 108 cm³/mol. The largest absolute Gasteiger partial charge is 0.443 e. The molecule has 3 aromatic rings. The van der Waals surface area contributed by atoms with E-state index < -0.39 is 11.7 Å². The second-order valence-electron chi connectivity index (χ2n) is 7.15. The molecule has 0 unspecified atom stereocenters. The fourth-order valence-corrected chi connectivity index (χ4v) is 2.47. The van der Waals surface area contributed by atoms with Crippen molar-refractivity contribution in [1.29, 1.82) is 0 Å². The second-order valence-corrected chi connectivity index (χ2v) is 7.15. The van der Waals surface area contributed by atoms with Gasteiger partial charge in [-0.2, -0.15) is 10.1 Å². The molecule has 0 aliphatic heterocycles. The molecule has 2 heterocycles. The molecule has 1 aromatic carbocycles. The van der Waals surface area contributed by atoms with E-state index in [1.165, 1.54) is 11.4 Å². The molecule has 0 aliphatic rings. The number of carbonyl (C=O) groups is 1. The Bertz CT molecular complexity index is 976. The second kappa shape index (κ2) is 8.66. The number of hydrazone groups is 1. The van der Waals surface area contributed by atoms with Gasteiger partial charge in [0.25, 0.3) is 0 Å². The number of nitrogens with zero attached hydrogens (tertiary/aromatic N) is 4. The van der Waals surface area contributed by atoms with E-state index in [9.17, 15) is 9.90 Å². The molecular formula is C21H22N4O4. The first-order valence-corrected chi connectivity index (χ1v) is 8.98. The zero-order valence-electron chi connectivity index (χ0n) is 16.4. The van der Waals surface area contributed by atoms with Crippen LogP contribution >= 0.6 is 0 Å². The van der Waals surface area contributed by atoms with Gasteiger partial charge >= 0.3 is 6.09 Å². The summed E-state index contributed by atoms with van der Waals surface area (Å²) in [4.78, 5) is 20.6. The highest BCUT2D eigenvalue weighted by molar-refractivity contribution is 5.91. The summed E-state index contributed by atoms with van der Waals surface area (Å²) < 4.78 is 10.8. The Labute approximate surface area is 168 Å². The van der Waals surface area contributed by atoms with Gasteiger partial charge in [-0.1, -0.05) is 0 Å². The summed E-state index contributed by atoms with van der Waals surface area (Å²) in [5.74, 6) is 0.475. The lowest BCUT2D eigenvalue weighted by molar-refractivity contribution is 0.0581. The van der Waals surface area contributed by atoms with E-state index in [-0.39, 0.29) is 6.61 Å². The van der Waals surface area contributed by atoms with Crippen LogP contribution < -0.4 is 5.01 Å². The highest BCUT2D eigenvalue weighted by atomic mass is 16.6. The Morgan fingerprint density at radius 3 is 2.52 bits per heavy atom. The maximum absolute atomic E-state index is 12.7.